The molecule has 0 aliphatic heterocycles. The van der Waals surface area contributed by atoms with E-state index in [0.29, 0.717) is 19.7 Å². The van der Waals surface area contributed by atoms with Crippen molar-refractivity contribution < 1.29 is 9.53 Å². The Hall–Kier alpha value is -3.28. The van der Waals surface area contributed by atoms with Gasteiger partial charge in [-0.3, -0.25) is 4.68 Å². The number of benzene rings is 2. The Labute approximate surface area is 165 Å². The number of hydrogen-bond donors (Lipinski definition) is 2. The van der Waals surface area contributed by atoms with Crippen LogP contribution in [0.15, 0.2) is 54.6 Å². The molecule has 1 aromatic heterocycles. The van der Waals surface area contributed by atoms with Crippen LogP contribution in [-0.4, -0.2) is 29.0 Å². The van der Waals surface area contributed by atoms with Gasteiger partial charge in [-0.25, -0.2) is 4.79 Å². The van der Waals surface area contributed by atoms with Gasteiger partial charge < -0.3 is 15.4 Å². The van der Waals surface area contributed by atoms with Gasteiger partial charge in [0, 0.05) is 11.4 Å². The number of rotatable bonds is 7. The fraction of sp³-hybridized carbons (Fsp3) is 0.273. The number of aromatic nitrogens is 2. The molecule has 0 saturated carbocycles. The maximum Gasteiger partial charge on any atom is 0.319 e. The summed E-state index contributed by atoms with van der Waals surface area (Å²) in [5.41, 5.74) is 5.08. The Morgan fingerprint density at radius 3 is 2.64 bits per heavy atom. The zero-order valence-corrected chi connectivity index (χ0v) is 16.5. The normalized spacial score (nSPS) is 10.5. The summed E-state index contributed by atoms with van der Waals surface area (Å²) in [6.45, 7) is 7.53. The molecule has 0 bridgehead atoms. The van der Waals surface area contributed by atoms with E-state index in [0.717, 1.165) is 34.0 Å². The number of anilines is 1. The van der Waals surface area contributed by atoms with Crippen LogP contribution in [0.2, 0.25) is 0 Å². The molecule has 0 aliphatic rings. The van der Waals surface area contributed by atoms with Crippen molar-refractivity contribution in [1.82, 2.24) is 15.1 Å². The second-order valence-corrected chi connectivity index (χ2v) is 6.83. The predicted molar refractivity (Wildman–Crippen MR) is 111 cm³/mol. The first kappa shape index (κ1) is 19.5. The van der Waals surface area contributed by atoms with Gasteiger partial charge in [0.2, 0.25) is 0 Å². The van der Waals surface area contributed by atoms with E-state index in [2.05, 4.69) is 15.7 Å². The molecule has 3 aromatic rings. The van der Waals surface area contributed by atoms with Crippen LogP contribution in [0, 0.1) is 20.8 Å². The Kier molecular flexibility index (Phi) is 6.32. The van der Waals surface area contributed by atoms with Gasteiger partial charge in [0.05, 0.1) is 18.8 Å². The van der Waals surface area contributed by atoms with Gasteiger partial charge in [0.15, 0.2) is 0 Å². The van der Waals surface area contributed by atoms with E-state index in [1.165, 1.54) is 0 Å². The van der Waals surface area contributed by atoms with Crippen molar-refractivity contribution in [3.63, 3.8) is 0 Å². The van der Waals surface area contributed by atoms with Crippen molar-refractivity contribution in [2.45, 2.75) is 27.3 Å². The molecule has 6 heteroatoms. The lowest BCUT2D eigenvalue weighted by Gasteiger charge is -2.11. The molecule has 0 unspecified atom stereocenters. The molecule has 28 heavy (non-hydrogen) atoms. The quantitative estimate of drug-likeness (QED) is 0.609. The van der Waals surface area contributed by atoms with Gasteiger partial charge in [-0.15, -0.1) is 0 Å². The molecule has 2 aromatic carbocycles. The average molecular weight is 378 g/mol. The maximum atomic E-state index is 12.1. The molecule has 0 saturated heterocycles. The molecular formula is C22H26N4O2. The van der Waals surface area contributed by atoms with Crippen LogP contribution < -0.4 is 15.4 Å². The molecule has 0 spiro atoms. The third-order valence-electron chi connectivity index (χ3n) is 4.27. The minimum absolute atomic E-state index is 0.254. The van der Waals surface area contributed by atoms with Crippen LogP contribution in [0.4, 0.5) is 10.5 Å². The Balaban J connectivity index is 1.46. The number of carbonyl (C=O) groups excluding carboxylic acids is 1. The van der Waals surface area contributed by atoms with Crippen molar-refractivity contribution >= 4 is 11.7 Å². The first-order valence-electron chi connectivity index (χ1n) is 9.34. The minimum atomic E-state index is -0.254. The summed E-state index contributed by atoms with van der Waals surface area (Å²) in [6.07, 6.45) is 0. The van der Waals surface area contributed by atoms with Crippen molar-refractivity contribution in [2.24, 2.45) is 0 Å². The summed E-state index contributed by atoms with van der Waals surface area (Å²) >= 11 is 0. The first-order valence-corrected chi connectivity index (χ1v) is 9.34. The highest BCUT2D eigenvalue weighted by Gasteiger charge is 2.05. The third kappa shape index (κ3) is 5.61. The van der Waals surface area contributed by atoms with Crippen molar-refractivity contribution in [3.8, 4) is 5.75 Å². The third-order valence-corrected chi connectivity index (χ3v) is 4.27. The highest BCUT2D eigenvalue weighted by Crippen LogP contribution is 2.14. The van der Waals surface area contributed by atoms with E-state index in [1.807, 2.05) is 80.1 Å². The average Bonchev–Trinajstić information content (AvgIpc) is 2.96. The minimum Gasteiger partial charge on any atom is -0.492 e. The topological polar surface area (TPSA) is 68.2 Å². The van der Waals surface area contributed by atoms with Crippen molar-refractivity contribution in [1.29, 1.82) is 0 Å². The van der Waals surface area contributed by atoms with Gasteiger partial charge in [-0.05, 0) is 62.2 Å². The maximum absolute atomic E-state index is 12.1. The van der Waals surface area contributed by atoms with Crippen LogP contribution in [0.25, 0.3) is 0 Å². The largest absolute Gasteiger partial charge is 0.492 e. The van der Waals surface area contributed by atoms with Gasteiger partial charge in [-0.1, -0.05) is 24.3 Å². The Morgan fingerprint density at radius 2 is 1.89 bits per heavy atom. The van der Waals surface area contributed by atoms with E-state index in [9.17, 15) is 4.79 Å². The predicted octanol–water partition coefficient (Wildman–Crippen LogP) is 4.06. The number of carbonyl (C=O) groups is 1. The van der Waals surface area contributed by atoms with Crippen molar-refractivity contribution in [2.75, 3.05) is 18.5 Å². The summed E-state index contributed by atoms with van der Waals surface area (Å²) in [5.74, 6) is 0.805. The molecular weight excluding hydrogens is 352 g/mol. The second-order valence-electron chi connectivity index (χ2n) is 6.83. The van der Waals surface area contributed by atoms with E-state index < -0.39 is 0 Å². The van der Waals surface area contributed by atoms with Crippen LogP contribution in [0.1, 0.15) is 22.5 Å². The van der Waals surface area contributed by atoms with Gasteiger partial charge in [0.25, 0.3) is 0 Å². The molecule has 146 valence electrons. The number of hydrogen-bond acceptors (Lipinski definition) is 3. The molecule has 0 aliphatic carbocycles. The number of nitrogens with zero attached hydrogens (tertiary/aromatic N) is 2. The summed E-state index contributed by atoms with van der Waals surface area (Å²) in [7, 11) is 0. The molecule has 0 fully saturated rings. The highest BCUT2D eigenvalue weighted by atomic mass is 16.5. The van der Waals surface area contributed by atoms with E-state index in [-0.39, 0.29) is 6.03 Å². The lowest BCUT2D eigenvalue weighted by molar-refractivity contribution is 0.247. The summed E-state index contributed by atoms with van der Waals surface area (Å²) in [5, 5.41) is 10.1. The monoisotopic (exact) mass is 378 g/mol. The number of urea groups is 1. The smallest absolute Gasteiger partial charge is 0.319 e. The van der Waals surface area contributed by atoms with Gasteiger partial charge in [0.1, 0.15) is 12.4 Å². The van der Waals surface area contributed by atoms with Crippen LogP contribution in [-0.2, 0) is 6.54 Å². The number of ether oxygens (including phenoxy) is 1. The van der Waals surface area contributed by atoms with Crippen molar-refractivity contribution in [3.05, 3.63) is 77.1 Å². The fourth-order valence-corrected chi connectivity index (χ4v) is 2.97. The molecule has 0 atom stereocenters. The van der Waals surface area contributed by atoms with E-state index in [1.54, 1.807) is 0 Å². The van der Waals surface area contributed by atoms with Gasteiger partial charge >= 0.3 is 6.03 Å². The zero-order valence-electron chi connectivity index (χ0n) is 16.5. The lowest BCUT2D eigenvalue weighted by atomic mass is 10.2. The van der Waals surface area contributed by atoms with Crippen LogP contribution >= 0.6 is 0 Å². The summed E-state index contributed by atoms with van der Waals surface area (Å²) in [6, 6.07) is 17.4. The SMILES string of the molecule is Cc1cccc(OCCNC(=O)Nc2cccc(Cn3nc(C)cc3C)c2)c1. The summed E-state index contributed by atoms with van der Waals surface area (Å²) < 4.78 is 7.59. The molecule has 0 radical (unpaired) electrons. The first-order chi connectivity index (χ1) is 13.5. The zero-order chi connectivity index (χ0) is 19.9. The standard InChI is InChI=1S/C22H26N4O2/c1-16-6-4-9-21(12-16)28-11-10-23-22(27)24-20-8-5-7-19(14-20)15-26-18(3)13-17(2)25-26/h4-9,12-14H,10-11,15H2,1-3H3,(H2,23,24,27). The van der Waals surface area contributed by atoms with E-state index in [4.69, 9.17) is 4.74 Å². The molecule has 3 rings (SSSR count). The fourth-order valence-electron chi connectivity index (χ4n) is 2.97. The lowest BCUT2D eigenvalue weighted by Crippen LogP contribution is -2.32. The Morgan fingerprint density at radius 1 is 1.07 bits per heavy atom. The van der Waals surface area contributed by atoms with Crippen LogP contribution in [0.5, 0.6) is 5.75 Å². The number of amides is 2. The molecule has 1 heterocycles. The highest BCUT2D eigenvalue weighted by molar-refractivity contribution is 5.89. The molecule has 6 nitrogen and oxygen atoms in total. The Bertz CT molecular complexity index is 949. The van der Waals surface area contributed by atoms with E-state index >= 15 is 0 Å². The second kappa shape index (κ2) is 9.08. The summed E-state index contributed by atoms with van der Waals surface area (Å²) in [4.78, 5) is 12.1. The van der Waals surface area contributed by atoms with Crippen LogP contribution in [0.3, 0.4) is 0 Å². The molecule has 2 amide bonds. The molecule has 2 N–H and O–H groups in total. The number of nitrogens with one attached hydrogen (secondary N) is 2. The van der Waals surface area contributed by atoms with Gasteiger partial charge in [-0.2, -0.15) is 5.10 Å². The number of aryl methyl sites for hydroxylation is 3.